The number of rotatable bonds is 10. The Kier molecular flexibility index (Phi) is 7.81. The lowest BCUT2D eigenvalue weighted by Gasteiger charge is -2.39. The van der Waals surface area contributed by atoms with Gasteiger partial charge in [-0.05, 0) is 68.0 Å². The number of halogens is 2. The molecule has 0 aromatic heterocycles. The summed E-state index contributed by atoms with van der Waals surface area (Å²) in [4.78, 5) is 0. The zero-order chi connectivity index (χ0) is 20.8. The molecule has 4 N–H and O–H groups in total. The minimum absolute atomic E-state index is 0.180. The molecular weight excluding hydrogens is 371 g/mol. The van der Waals surface area contributed by atoms with E-state index >= 15 is 0 Å². The van der Waals surface area contributed by atoms with Crippen molar-refractivity contribution in [1.82, 2.24) is 0 Å². The predicted octanol–water partition coefficient (Wildman–Crippen LogP) is 4.56. The van der Waals surface area contributed by atoms with Crippen molar-refractivity contribution in [2.45, 2.75) is 57.3 Å². The van der Waals surface area contributed by atoms with E-state index in [1.807, 2.05) is 6.07 Å². The van der Waals surface area contributed by atoms with Gasteiger partial charge in [-0.2, -0.15) is 0 Å². The first kappa shape index (κ1) is 21.9. The van der Waals surface area contributed by atoms with Gasteiger partial charge in [0.25, 0.3) is 0 Å². The van der Waals surface area contributed by atoms with Gasteiger partial charge in [0, 0.05) is 17.2 Å². The Hall–Kier alpha value is -1.76. The summed E-state index contributed by atoms with van der Waals surface area (Å²) in [7, 11) is -1.22. The first-order valence-electron chi connectivity index (χ1n) is 10.6. The van der Waals surface area contributed by atoms with E-state index in [1.54, 1.807) is 24.3 Å². The quantitative estimate of drug-likeness (QED) is 0.404. The molecule has 3 rings (SSSR count). The summed E-state index contributed by atoms with van der Waals surface area (Å²) < 4.78 is 28.4. The third kappa shape index (κ3) is 6.11. The predicted molar refractivity (Wildman–Crippen MR) is 113 cm³/mol. The highest BCUT2D eigenvalue weighted by molar-refractivity contribution is 6.40. The zero-order valence-electron chi connectivity index (χ0n) is 16.7. The van der Waals surface area contributed by atoms with Gasteiger partial charge in [-0.15, -0.1) is 0 Å². The SMILES string of the molecule is NC(CCCCB(O)O)C1CC(CCc2ccc(-c3ccccc3F)c(F)c2)C1. The van der Waals surface area contributed by atoms with Gasteiger partial charge >= 0.3 is 7.12 Å². The molecule has 1 saturated carbocycles. The van der Waals surface area contributed by atoms with Gasteiger partial charge in [-0.3, -0.25) is 0 Å². The van der Waals surface area contributed by atoms with Crippen molar-refractivity contribution in [2.24, 2.45) is 17.6 Å². The minimum Gasteiger partial charge on any atom is -0.427 e. The van der Waals surface area contributed by atoms with E-state index in [0.717, 1.165) is 50.5 Å². The van der Waals surface area contributed by atoms with E-state index < -0.39 is 12.9 Å². The molecule has 0 saturated heterocycles. The molecule has 0 amide bonds. The van der Waals surface area contributed by atoms with Crippen molar-refractivity contribution in [3.63, 3.8) is 0 Å². The third-order valence-electron chi connectivity index (χ3n) is 6.17. The van der Waals surface area contributed by atoms with Crippen molar-refractivity contribution in [1.29, 1.82) is 0 Å². The van der Waals surface area contributed by atoms with Crippen LogP contribution in [0.2, 0.25) is 6.32 Å². The Labute approximate surface area is 172 Å². The number of hydrogen-bond donors (Lipinski definition) is 3. The largest absolute Gasteiger partial charge is 0.451 e. The lowest BCUT2D eigenvalue weighted by Crippen LogP contribution is -2.39. The van der Waals surface area contributed by atoms with Crippen molar-refractivity contribution in [3.8, 4) is 11.1 Å². The molecule has 1 aliphatic carbocycles. The van der Waals surface area contributed by atoms with Gasteiger partial charge in [-0.1, -0.05) is 43.2 Å². The normalized spacial score (nSPS) is 19.6. The first-order chi connectivity index (χ1) is 13.9. The molecule has 0 bridgehead atoms. The van der Waals surface area contributed by atoms with Crippen LogP contribution in [-0.2, 0) is 6.42 Å². The smallest absolute Gasteiger partial charge is 0.427 e. The minimum atomic E-state index is -1.22. The van der Waals surface area contributed by atoms with E-state index in [2.05, 4.69) is 0 Å². The van der Waals surface area contributed by atoms with Crippen molar-refractivity contribution < 1.29 is 18.8 Å². The van der Waals surface area contributed by atoms with E-state index in [9.17, 15) is 8.78 Å². The third-order valence-corrected chi connectivity index (χ3v) is 6.17. The number of nitrogens with two attached hydrogens (primary N) is 1. The maximum atomic E-state index is 14.5. The standard InChI is InChI=1S/C23H30BF2NO2/c25-21-6-2-1-5-19(21)20-11-10-16(15-22(20)26)8-9-17-13-18(14-17)23(27)7-3-4-12-24(28)29/h1-2,5-6,10-11,15,17-18,23,28-29H,3-4,7-9,12-14,27H2. The summed E-state index contributed by atoms with van der Waals surface area (Å²) >= 11 is 0. The van der Waals surface area contributed by atoms with E-state index in [-0.39, 0.29) is 11.9 Å². The van der Waals surface area contributed by atoms with E-state index in [4.69, 9.17) is 15.8 Å². The Morgan fingerprint density at radius 3 is 2.41 bits per heavy atom. The lowest BCUT2D eigenvalue weighted by atomic mass is 9.68. The van der Waals surface area contributed by atoms with Crippen LogP contribution < -0.4 is 5.73 Å². The molecule has 29 heavy (non-hydrogen) atoms. The second-order valence-corrected chi connectivity index (χ2v) is 8.36. The molecule has 3 nitrogen and oxygen atoms in total. The molecule has 156 valence electrons. The highest BCUT2D eigenvalue weighted by atomic mass is 19.1. The van der Waals surface area contributed by atoms with Crippen LogP contribution in [0, 0.1) is 23.5 Å². The second kappa shape index (κ2) is 10.3. The second-order valence-electron chi connectivity index (χ2n) is 8.36. The molecule has 2 aromatic rings. The summed E-state index contributed by atoms with van der Waals surface area (Å²) in [5.41, 5.74) is 7.80. The highest BCUT2D eigenvalue weighted by Crippen LogP contribution is 2.39. The zero-order valence-corrected chi connectivity index (χ0v) is 16.7. The molecule has 1 fully saturated rings. The number of aryl methyl sites for hydroxylation is 1. The Morgan fingerprint density at radius 1 is 1.00 bits per heavy atom. The van der Waals surface area contributed by atoms with Gasteiger partial charge in [0.2, 0.25) is 0 Å². The molecule has 1 unspecified atom stereocenters. The summed E-state index contributed by atoms with van der Waals surface area (Å²) in [6.07, 6.45) is 7.09. The van der Waals surface area contributed by atoms with Crippen LogP contribution in [0.1, 0.15) is 44.1 Å². The van der Waals surface area contributed by atoms with Crippen LogP contribution >= 0.6 is 0 Å². The summed E-state index contributed by atoms with van der Waals surface area (Å²) in [6.45, 7) is 0. The van der Waals surface area contributed by atoms with Gasteiger partial charge in [0.15, 0.2) is 0 Å². The van der Waals surface area contributed by atoms with Gasteiger partial charge < -0.3 is 15.8 Å². The molecule has 0 aliphatic heterocycles. The Morgan fingerprint density at radius 2 is 1.72 bits per heavy atom. The Bertz CT molecular complexity index is 796. The summed E-state index contributed by atoms with van der Waals surface area (Å²) in [5, 5.41) is 17.7. The maximum absolute atomic E-state index is 14.5. The van der Waals surface area contributed by atoms with Gasteiger partial charge in [-0.25, -0.2) is 8.78 Å². The fourth-order valence-corrected chi connectivity index (χ4v) is 4.30. The number of benzene rings is 2. The molecule has 6 heteroatoms. The van der Waals surface area contributed by atoms with E-state index in [0.29, 0.717) is 29.3 Å². The lowest BCUT2D eigenvalue weighted by molar-refractivity contribution is 0.147. The maximum Gasteiger partial charge on any atom is 0.451 e. The van der Waals surface area contributed by atoms with Crippen LogP contribution in [0.3, 0.4) is 0 Å². The fraction of sp³-hybridized carbons (Fsp3) is 0.478. The monoisotopic (exact) mass is 401 g/mol. The van der Waals surface area contributed by atoms with Crippen LogP contribution in [-0.4, -0.2) is 23.2 Å². The van der Waals surface area contributed by atoms with Crippen LogP contribution in [0.25, 0.3) is 11.1 Å². The van der Waals surface area contributed by atoms with Crippen LogP contribution in [0.15, 0.2) is 42.5 Å². The van der Waals surface area contributed by atoms with Crippen molar-refractivity contribution in [3.05, 3.63) is 59.7 Å². The van der Waals surface area contributed by atoms with Gasteiger partial charge in [0.05, 0.1) is 0 Å². The summed E-state index contributed by atoms with van der Waals surface area (Å²) in [5.74, 6) is 0.372. The topological polar surface area (TPSA) is 66.5 Å². The number of hydrogen-bond acceptors (Lipinski definition) is 3. The number of unbranched alkanes of at least 4 members (excludes halogenated alkanes) is 1. The van der Waals surface area contributed by atoms with Crippen molar-refractivity contribution >= 4 is 7.12 Å². The molecule has 1 atom stereocenters. The van der Waals surface area contributed by atoms with Crippen molar-refractivity contribution in [2.75, 3.05) is 0 Å². The van der Waals surface area contributed by atoms with Crippen LogP contribution in [0.5, 0.6) is 0 Å². The molecule has 0 spiro atoms. The molecule has 2 aromatic carbocycles. The average Bonchev–Trinajstić information content (AvgIpc) is 2.65. The van der Waals surface area contributed by atoms with E-state index in [1.165, 1.54) is 12.1 Å². The first-order valence-corrected chi connectivity index (χ1v) is 10.6. The molecular formula is C23H30BF2NO2. The molecule has 0 radical (unpaired) electrons. The summed E-state index contributed by atoms with van der Waals surface area (Å²) in [6, 6.07) is 11.5. The highest BCUT2D eigenvalue weighted by Gasteiger charge is 2.32. The molecule has 0 heterocycles. The molecule has 1 aliphatic rings. The Balaban J connectivity index is 1.42. The van der Waals surface area contributed by atoms with Gasteiger partial charge in [0.1, 0.15) is 11.6 Å². The average molecular weight is 401 g/mol. The van der Waals surface area contributed by atoms with Crippen LogP contribution in [0.4, 0.5) is 8.78 Å². The fourth-order valence-electron chi connectivity index (χ4n) is 4.30.